The Labute approximate surface area is 185 Å². The van der Waals surface area contributed by atoms with Crippen LogP contribution < -0.4 is 4.74 Å². The fourth-order valence-corrected chi connectivity index (χ4v) is 4.29. The van der Waals surface area contributed by atoms with Crippen molar-refractivity contribution in [2.45, 2.75) is 83.5 Å². The fourth-order valence-electron chi connectivity index (χ4n) is 4.29. The third kappa shape index (κ3) is 7.31. The van der Waals surface area contributed by atoms with Crippen LogP contribution in [0, 0.1) is 23.1 Å². The van der Waals surface area contributed by atoms with Gasteiger partial charge in [0.05, 0.1) is 12.2 Å². The summed E-state index contributed by atoms with van der Waals surface area (Å²) in [6.45, 7) is 2.83. The van der Waals surface area contributed by atoms with E-state index in [0.717, 1.165) is 37.9 Å². The van der Waals surface area contributed by atoms with Crippen molar-refractivity contribution in [3.8, 4) is 11.8 Å². The zero-order valence-corrected chi connectivity index (χ0v) is 18.7. The van der Waals surface area contributed by atoms with Gasteiger partial charge in [-0.1, -0.05) is 39.0 Å². The number of unbranched alkanes of at least 4 members (excludes halogenated alkanes) is 5. The lowest BCUT2D eigenvalue weighted by Gasteiger charge is -2.27. The molecule has 0 radical (unpaired) electrons. The monoisotopic (exact) mass is 423 g/mol. The molecule has 0 aliphatic heterocycles. The molecule has 0 unspecified atom stereocenters. The van der Waals surface area contributed by atoms with Gasteiger partial charge < -0.3 is 4.74 Å². The summed E-state index contributed by atoms with van der Waals surface area (Å²) in [5, 5.41) is 8.81. The lowest BCUT2D eigenvalue weighted by Crippen LogP contribution is -2.20. The maximum atomic E-state index is 13.7. The third-order valence-electron chi connectivity index (χ3n) is 6.30. The molecule has 0 bridgehead atoms. The molecule has 1 saturated carbocycles. The van der Waals surface area contributed by atoms with Crippen LogP contribution in [0.4, 0.5) is 4.39 Å². The molecule has 4 nitrogen and oxygen atoms in total. The Morgan fingerprint density at radius 1 is 1.03 bits per heavy atom. The van der Waals surface area contributed by atoms with Gasteiger partial charge in [-0.3, -0.25) is 0 Å². The summed E-state index contributed by atoms with van der Waals surface area (Å²) in [4.78, 5) is 9.33. The molecule has 1 heterocycles. The van der Waals surface area contributed by atoms with Crippen LogP contribution in [-0.2, 0) is 6.42 Å². The van der Waals surface area contributed by atoms with Gasteiger partial charge in [0, 0.05) is 24.4 Å². The number of aromatic nitrogens is 2. The zero-order chi connectivity index (χ0) is 21.9. The van der Waals surface area contributed by atoms with E-state index in [9.17, 15) is 4.39 Å². The first-order valence-electron chi connectivity index (χ1n) is 11.8. The van der Waals surface area contributed by atoms with Gasteiger partial charge in [0.15, 0.2) is 0 Å². The van der Waals surface area contributed by atoms with Gasteiger partial charge in [-0.15, -0.1) is 0 Å². The van der Waals surface area contributed by atoms with Gasteiger partial charge in [0.25, 0.3) is 0 Å². The Hall–Kier alpha value is -2.48. The van der Waals surface area contributed by atoms with Crippen molar-refractivity contribution in [2.75, 3.05) is 6.61 Å². The first-order chi connectivity index (χ1) is 15.2. The summed E-state index contributed by atoms with van der Waals surface area (Å²) in [5.41, 5.74) is 1.29. The highest BCUT2D eigenvalue weighted by Crippen LogP contribution is 2.34. The molecule has 5 heteroatoms. The largest absolute Gasteiger partial charge is 0.493 e. The van der Waals surface area contributed by atoms with Crippen LogP contribution in [0.15, 0.2) is 30.6 Å². The molecule has 3 rings (SSSR count). The van der Waals surface area contributed by atoms with Crippen LogP contribution in [0.5, 0.6) is 5.75 Å². The molecule has 0 spiro atoms. The van der Waals surface area contributed by atoms with Crippen LogP contribution in [0.2, 0.25) is 0 Å². The number of nitriles is 1. The van der Waals surface area contributed by atoms with Crippen LogP contribution in [0.3, 0.4) is 0 Å². The Morgan fingerprint density at radius 2 is 1.74 bits per heavy atom. The van der Waals surface area contributed by atoms with E-state index in [1.807, 2.05) is 18.5 Å². The van der Waals surface area contributed by atoms with E-state index >= 15 is 0 Å². The van der Waals surface area contributed by atoms with Crippen LogP contribution >= 0.6 is 0 Å². The van der Waals surface area contributed by atoms with Gasteiger partial charge >= 0.3 is 0 Å². The molecule has 1 aromatic heterocycles. The zero-order valence-electron chi connectivity index (χ0n) is 18.7. The van der Waals surface area contributed by atoms with Gasteiger partial charge in [-0.25, -0.2) is 14.4 Å². The average Bonchev–Trinajstić information content (AvgIpc) is 2.81. The van der Waals surface area contributed by atoms with E-state index in [-0.39, 0.29) is 5.56 Å². The Balaban J connectivity index is 1.37. The molecular formula is C26H34FN3O. The predicted octanol–water partition coefficient (Wildman–Crippen LogP) is 6.74. The average molecular weight is 424 g/mol. The highest BCUT2D eigenvalue weighted by Gasteiger charge is 2.24. The smallest absolute Gasteiger partial charge is 0.144 e. The summed E-state index contributed by atoms with van der Waals surface area (Å²) >= 11 is 0. The molecule has 2 aromatic rings. The maximum absolute atomic E-state index is 13.7. The number of benzene rings is 1. The molecule has 0 N–H and O–H groups in total. The summed E-state index contributed by atoms with van der Waals surface area (Å²) in [5.74, 6) is 1.82. The van der Waals surface area contributed by atoms with Crippen molar-refractivity contribution in [1.82, 2.24) is 9.97 Å². The van der Waals surface area contributed by atoms with Crippen LogP contribution in [-0.4, -0.2) is 16.6 Å². The van der Waals surface area contributed by atoms with E-state index in [4.69, 9.17) is 10.00 Å². The molecule has 31 heavy (non-hydrogen) atoms. The summed E-state index contributed by atoms with van der Waals surface area (Å²) in [6, 6.07) is 6.25. The van der Waals surface area contributed by atoms with Crippen molar-refractivity contribution in [1.29, 1.82) is 5.26 Å². The summed E-state index contributed by atoms with van der Waals surface area (Å²) in [7, 11) is 0. The number of nitrogens with zero attached hydrogens (tertiary/aromatic N) is 3. The standard InChI is InChI=1S/C26H34FN3O/c1-2-3-4-5-6-7-8-21-17-29-26(30-18-21)22-11-9-20(10-12-22)19-31-24-14-13-23(16-28)25(27)15-24/h13-15,17-18,20,22H,2-12,19H2,1H3. The molecule has 1 aromatic carbocycles. The van der Waals surface area contributed by atoms with Crippen molar-refractivity contribution >= 4 is 0 Å². The number of halogens is 1. The first-order valence-corrected chi connectivity index (χ1v) is 11.8. The second-order valence-electron chi connectivity index (χ2n) is 8.75. The number of hydrogen-bond donors (Lipinski definition) is 0. The molecule has 166 valence electrons. The maximum Gasteiger partial charge on any atom is 0.144 e. The summed E-state index contributed by atoms with van der Waals surface area (Å²) in [6.07, 6.45) is 17.2. The number of rotatable bonds is 11. The molecule has 0 atom stereocenters. The van der Waals surface area contributed by atoms with Crippen molar-refractivity contribution in [3.05, 3.63) is 53.4 Å². The Kier molecular flexibility index (Phi) is 9.27. The second kappa shape index (κ2) is 12.4. The van der Waals surface area contributed by atoms with Crippen LogP contribution in [0.1, 0.15) is 94.0 Å². The van der Waals surface area contributed by atoms with Crippen LogP contribution in [0.25, 0.3) is 0 Å². The van der Waals surface area contributed by atoms with E-state index in [1.54, 1.807) is 6.07 Å². The molecule has 1 aliphatic carbocycles. The predicted molar refractivity (Wildman–Crippen MR) is 120 cm³/mol. The van der Waals surface area contributed by atoms with Crippen molar-refractivity contribution in [3.63, 3.8) is 0 Å². The highest BCUT2D eigenvalue weighted by atomic mass is 19.1. The number of hydrogen-bond acceptors (Lipinski definition) is 4. The molecular weight excluding hydrogens is 389 g/mol. The Bertz CT molecular complexity index is 839. The molecule has 1 aliphatic rings. The van der Waals surface area contributed by atoms with Crippen molar-refractivity contribution < 1.29 is 9.13 Å². The van der Waals surface area contributed by atoms with Crippen molar-refractivity contribution in [2.24, 2.45) is 5.92 Å². The highest BCUT2D eigenvalue weighted by molar-refractivity contribution is 5.36. The van der Waals surface area contributed by atoms with E-state index < -0.39 is 5.82 Å². The molecule has 0 saturated heterocycles. The first kappa shape index (κ1) is 23.2. The number of aryl methyl sites for hydroxylation is 1. The quantitative estimate of drug-likeness (QED) is 0.375. The van der Waals surface area contributed by atoms with Gasteiger partial charge in [0.2, 0.25) is 0 Å². The third-order valence-corrected chi connectivity index (χ3v) is 6.30. The molecule has 1 fully saturated rings. The minimum Gasteiger partial charge on any atom is -0.493 e. The second-order valence-corrected chi connectivity index (χ2v) is 8.75. The lowest BCUT2D eigenvalue weighted by molar-refractivity contribution is 0.197. The fraction of sp³-hybridized carbons (Fsp3) is 0.577. The Morgan fingerprint density at radius 3 is 2.42 bits per heavy atom. The van der Waals surface area contributed by atoms with Gasteiger partial charge in [-0.05, 0) is 62.1 Å². The SMILES string of the molecule is CCCCCCCCc1cnc(C2CCC(COc3ccc(C#N)c(F)c3)CC2)nc1. The summed E-state index contributed by atoms with van der Waals surface area (Å²) < 4.78 is 19.5. The minimum absolute atomic E-state index is 0.0471. The number of ether oxygens (including phenoxy) is 1. The van der Waals surface area contributed by atoms with E-state index in [1.165, 1.54) is 56.2 Å². The normalized spacial score (nSPS) is 18.5. The van der Waals surface area contributed by atoms with E-state index in [2.05, 4.69) is 16.9 Å². The lowest BCUT2D eigenvalue weighted by atomic mass is 9.82. The minimum atomic E-state index is -0.527. The van der Waals surface area contributed by atoms with Gasteiger partial charge in [-0.2, -0.15) is 5.26 Å². The van der Waals surface area contributed by atoms with Gasteiger partial charge in [0.1, 0.15) is 23.5 Å². The topological polar surface area (TPSA) is 58.8 Å². The molecule has 0 amide bonds. The van der Waals surface area contributed by atoms with E-state index in [0.29, 0.717) is 24.2 Å².